The van der Waals surface area contributed by atoms with Crippen LogP contribution in [0.4, 0.5) is 13.2 Å². The van der Waals surface area contributed by atoms with Crippen LogP contribution in [-0.4, -0.2) is 20.4 Å². The standard InChI is InChI=1S/C11H14F3NO2/c1-16-8-4-3-5-9(17-2)10(8)7(15)6-11(12,13)14/h3-5,7H,6,15H2,1-2H3/t7-/m1/s1. The highest BCUT2D eigenvalue weighted by molar-refractivity contribution is 5.46. The number of hydrogen-bond acceptors (Lipinski definition) is 3. The van der Waals surface area contributed by atoms with Gasteiger partial charge in [0.05, 0.1) is 26.2 Å². The molecule has 0 radical (unpaired) electrons. The summed E-state index contributed by atoms with van der Waals surface area (Å²) in [4.78, 5) is 0. The Kier molecular flexibility index (Phi) is 4.22. The average molecular weight is 249 g/mol. The Balaban J connectivity index is 3.09. The number of benzene rings is 1. The summed E-state index contributed by atoms with van der Waals surface area (Å²) in [5.74, 6) is 0.585. The molecule has 1 aromatic carbocycles. The maximum absolute atomic E-state index is 12.3. The van der Waals surface area contributed by atoms with Gasteiger partial charge in [0.25, 0.3) is 0 Å². The fourth-order valence-electron chi connectivity index (χ4n) is 1.60. The second-order valence-corrected chi connectivity index (χ2v) is 3.50. The fraction of sp³-hybridized carbons (Fsp3) is 0.455. The Bertz CT molecular complexity index is 357. The minimum Gasteiger partial charge on any atom is -0.496 e. The third-order valence-electron chi connectivity index (χ3n) is 2.29. The van der Waals surface area contributed by atoms with Gasteiger partial charge in [-0.05, 0) is 12.1 Å². The van der Waals surface area contributed by atoms with E-state index in [2.05, 4.69) is 0 Å². The second kappa shape index (κ2) is 5.27. The molecule has 17 heavy (non-hydrogen) atoms. The highest BCUT2D eigenvalue weighted by Gasteiger charge is 2.33. The number of hydrogen-bond donors (Lipinski definition) is 1. The molecule has 0 spiro atoms. The second-order valence-electron chi connectivity index (χ2n) is 3.50. The van der Waals surface area contributed by atoms with E-state index in [0.29, 0.717) is 11.5 Å². The molecule has 1 aromatic rings. The Morgan fingerprint density at radius 1 is 1.18 bits per heavy atom. The van der Waals surface area contributed by atoms with Gasteiger partial charge < -0.3 is 15.2 Å². The molecule has 6 heteroatoms. The molecule has 0 saturated carbocycles. The Morgan fingerprint density at radius 2 is 1.65 bits per heavy atom. The Morgan fingerprint density at radius 3 is 2.00 bits per heavy atom. The molecule has 0 aliphatic heterocycles. The number of rotatable bonds is 4. The molecule has 96 valence electrons. The third-order valence-corrected chi connectivity index (χ3v) is 2.29. The quantitative estimate of drug-likeness (QED) is 0.892. The molecule has 0 aliphatic rings. The lowest BCUT2D eigenvalue weighted by Crippen LogP contribution is -2.21. The van der Waals surface area contributed by atoms with Crippen LogP contribution in [0.15, 0.2) is 18.2 Å². The lowest BCUT2D eigenvalue weighted by molar-refractivity contribution is -0.138. The van der Waals surface area contributed by atoms with Crippen molar-refractivity contribution in [1.82, 2.24) is 0 Å². The molecule has 2 N–H and O–H groups in total. The van der Waals surface area contributed by atoms with Crippen LogP contribution in [0.5, 0.6) is 11.5 Å². The van der Waals surface area contributed by atoms with E-state index in [0.717, 1.165) is 0 Å². The number of nitrogens with two attached hydrogens (primary N) is 1. The van der Waals surface area contributed by atoms with Crippen LogP contribution in [0.1, 0.15) is 18.0 Å². The lowest BCUT2D eigenvalue weighted by Gasteiger charge is -2.19. The van der Waals surface area contributed by atoms with Crippen LogP contribution >= 0.6 is 0 Å². The Labute approximate surface area is 97.3 Å². The predicted octanol–water partition coefficient (Wildman–Crippen LogP) is 2.66. The van der Waals surface area contributed by atoms with E-state index in [1.54, 1.807) is 18.2 Å². The first-order valence-electron chi connectivity index (χ1n) is 4.92. The molecule has 3 nitrogen and oxygen atoms in total. The fourth-order valence-corrected chi connectivity index (χ4v) is 1.60. The summed E-state index contributed by atoms with van der Waals surface area (Å²) in [6.07, 6.45) is -5.45. The molecule has 0 heterocycles. The van der Waals surface area contributed by atoms with Gasteiger partial charge in [0.2, 0.25) is 0 Å². The zero-order valence-corrected chi connectivity index (χ0v) is 9.54. The normalized spacial score (nSPS) is 13.3. The van der Waals surface area contributed by atoms with Crippen LogP contribution < -0.4 is 15.2 Å². The van der Waals surface area contributed by atoms with Crippen molar-refractivity contribution in [3.8, 4) is 11.5 Å². The summed E-state index contributed by atoms with van der Waals surface area (Å²) in [5, 5.41) is 0. The van der Waals surface area contributed by atoms with Crippen molar-refractivity contribution in [3.63, 3.8) is 0 Å². The van der Waals surface area contributed by atoms with Crippen molar-refractivity contribution in [3.05, 3.63) is 23.8 Å². The first-order valence-corrected chi connectivity index (χ1v) is 4.92. The summed E-state index contributed by atoms with van der Waals surface area (Å²) >= 11 is 0. The van der Waals surface area contributed by atoms with Crippen LogP contribution in [0.2, 0.25) is 0 Å². The van der Waals surface area contributed by atoms with E-state index in [4.69, 9.17) is 15.2 Å². The molecular weight excluding hydrogens is 235 g/mol. The van der Waals surface area contributed by atoms with Crippen molar-refractivity contribution in [1.29, 1.82) is 0 Å². The van der Waals surface area contributed by atoms with Crippen LogP contribution in [0.3, 0.4) is 0 Å². The van der Waals surface area contributed by atoms with Crippen LogP contribution in [0, 0.1) is 0 Å². The predicted molar refractivity (Wildman–Crippen MR) is 57.1 cm³/mol. The van der Waals surface area contributed by atoms with Gasteiger partial charge in [-0.15, -0.1) is 0 Å². The van der Waals surface area contributed by atoms with E-state index in [-0.39, 0.29) is 5.56 Å². The molecule has 0 unspecified atom stereocenters. The summed E-state index contributed by atoms with van der Waals surface area (Å²) in [5.41, 5.74) is 5.79. The largest absolute Gasteiger partial charge is 0.496 e. The maximum atomic E-state index is 12.3. The summed E-state index contributed by atoms with van der Waals surface area (Å²) in [6, 6.07) is 3.52. The minimum absolute atomic E-state index is 0.231. The summed E-state index contributed by atoms with van der Waals surface area (Å²) in [6.45, 7) is 0. The van der Waals surface area contributed by atoms with Crippen molar-refractivity contribution in [2.45, 2.75) is 18.6 Å². The highest BCUT2D eigenvalue weighted by Crippen LogP contribution is 2.37. The van der Waals surface area contributed by atoms with Gasteiger partial charge in [-0.3, -0.25) is 0 Å². The molecule has 0 bridgehead atoms. The topological polar surface area (TPSA) is 44.5 Å². The van der Waals surface area contributed by atoms with Crippen molar-refractivity contribution < 1.29 is 22.6 Å². The molecular formula is C11H14F3NO2. The molecule has 0 fully saturated rings. The van der Waals surface area contributed by atoms with Gasteiger partial charge in [0.1, 0.15) is 11.5 Å². The number of ether oxygens (including phenoxy) is 2. The average Bonchev–Trinajstić information content (AvgIpc) is 2.25. The van der Waals surface area contributed by atoms with Crippen molar-refractivity contribution in [2.75, 3.05) is 14.2 Å². The van der Waals surface area contributed by atoms with Crippen molar-refractivity contribution >= 4 is 0 Å². The van der Waals surface area contributed by atoms with Gasteiger partial charge in [-0.1, -0.05) is 6.07 Å². The summed E-state index contributed by atoms with van der Waals surface area (Å²) in [7, 11) is 2.75. The maximum Gasteiger partial charge on any atom is 0.390 e. The van der Waals surface area contributed by atoms with E-state index in [1.165, 1.54) is 14.2 Å². The van der Waals surface area contributed by atoms with E-state index < -0.39 is 18.6 Å². The zero-order chi connectivity index (χ0) is 13.1. The van der Waals surface area contributed by atoms with Gasteiger partial charge in [0.15, 0.2) is 0 Å². The molecule has 0 aromatic heterocycles. The van der Waals surface area contributed by atoms with Gasteiger partial charge in [-0.2, -0.15) is 13.2 Å². The van der Waals surface area contributed by atoms with E-state index in [9.17, 15) is 13.2 Å². The van der Waals surface area contributed by atoms with Crippen LogP contribution in [0.25, 0.3) is 0 Å². The van der Waals surface area contributed by atoms with Gasteiger partial charge in [-0.25, -0.2) is 0 Å². The first kappa shape index (κ1) is 13.6. The smallest absolute Gasteiger partial charge is 0.390 e. The molecule has 0 saturated heterocycles. The molecule has 0 aliphatic carbocycles. The third kappa shape index (κ3) is 3.52. The monoisotopic (exact) mass is 249 g/mol. The summed E-state index contributed by atoms with van der Waals surface area (Å²) < 4.78 is 46.9. The van der Waals surface area contributed by atoms with Crippen LogP contribution in [-0.2, 0) is 0 Å². The highest BCUT2D eigenvalue weighted by atomic mass is 19.4. The van der Waals surface area contributed by atoms with Gasteiger partial charge >= 0.3 is 6.18 Å². The Hall–Kier alpha value is -1.43. The molecule has 1 atom stereocenters. The van der Waals surface area contributed by atoms with Gasteiger partial charge in [0, 0.05) is 6.04 Å². The zero-order valence-electron chi connectivity index (χ0n) is 9.54. The minimum atomic E-state index is -4.33. The van der Waals surface area contributed by atoms with E-state index >= 15 is 0 Å². The van der Waals surface area contributed by atoms with Crippen molar-refractivity contribution in [2.24, 2.45) is 5.73 Å². The number of methoxy groups -OCH3 is 2. The number of halogens is 3. The molecule has 0 amide bonds. The SMILES string of the molecule is COc1cccc(OC)c1[C@H](N)CC(F)(F)F. The first-order chi connectivity index (χ1) is 7.89. The molecule has 1 rings (SSSR count). The number of alkyl halides is 3. The van der Waals surface area contributed by atoms with E-state index in [1.807, 2.05) is 0 Å². The lowest BCUT2D eigenvalue weighted by atomic mass is 10.0.